The van der Waals surface area contributed by atoms with Crippen molar-refractivity contribution in [1.82, 2.24) is 4.90 Å². The Hall–Kier alpha value is -0.0400. The Kier molecular flexibility index (Phi) is 5.82. The van der Waals surface area contributed by atoms with Gasteiger partial charge in [0.25, 0.3) is 0 Å². The van der Waals surface area contributed by atoms with Gasteiger partial charge in [-0.2, -0.15) is 0 Å². The standard InChI is InChI=1S/C15H31N/c1-14-10-8-6-5-7-9-12-16(13-11-14)15(2,3)4/h14H,5-13H2,1-4H3. The van der Waals surface area contributed by atoms with Crippen LogP contribution in [-0.4, -0.2) is 23.5 Å². The van der Waals surface area contributed by atoms with Crippen LogP contribution in [0.2, 0.25) is 0 Å². The zero-order chi connectivity index (χ0) is 12.0. The fraction of sp³-hybridized carbons (Fsp3) is 1.00. The van der Waals surface area contributed by atoms with Crippen LogP contribution in [0.25, 0.3) is 0 Å². The summed E-state index contributed by atoms with van der Waals surface area (Å²) in [7, 11) is 0. The molecule has 1 rings (SSSR count). The lowest BCUT2D eigenvalue weighted by atomic mass is 9.98. The molecule has 0 amide bonds. The maximum atomic E-state index is 2.69. The van der Waals surface area contributed by atoms with Crippen molar-refractivity contribution in [1.29, 1.82) is 0 Å². The summed E-state index contributed by atoms with van der Waals surface area (Å²) in [6, 6.07) is 0. The normalized spacial score (nSPS) is 27.4. The van der Waals surface area contributed by atoms with Crippen molar-refractivity contribution in [3.05, 3.63) is 0 Å². The molecule has 1 unspecified atom stereocenters. The Morgan fingerprint density at radius 3 is 2.12 bits per heavy atom. The molecule has 0 aliphatic carbocycles. The predicted octanol–water partition coefficient (Wildman–Crippen LogP) is 4.47. The van der Waals surface area contributed by atoms with Gasteiger partial charge in [-0.3, -0.25) is 4.90 Å². The smallest absolute Gasteiger partial charge is 0.0125 e. The first-order chi connectivity index (χ1) is 7.50. The summed E-state index contributed by atoms with van der Waals surface area (Å²) in [6.07, 6.45) is 10.0. The van der Waals surface area contributed by atoms with E-state index in [4.69, 9.17) is 0 Å². The van der Waals surface area contributed by atoms with Gasteiger partial charge in [0.1, 0.15) is 0 Å². The summed E-state index contributed by atoms with van der Waals surface area (Å²) in [4.78, 5) is 2.69. The van der Waals surface area contributed by atoms with Crippen LogP contribution >= 0.6 is 0 Å². The fourth-order valence-corrected chi connectivity index (χ4v) is 2.63. The molecule has 0 bridgehead atoms. The molecule has 1 heterocycles. The van der Waals surface area contributed by atoms with E-state index in [1.165, 1.54) is 58.0 Å². The maximum absolute atomic E-state index is 2.69. The molecule has 0 aromatic rings. The lowest BCUT2D eigenvalue weighted by Crippen LogP contribution is -2.42. The van der Waals surface area contributed by atoms with E-state index in [1.807, 2.05) is 0 Å². The molecule has 0 saturated carbocycles. The van der Waals surface area contributed by atoms with Gasteiger partial charge in [0, 0.05) is 5.54 Å². The maximum Gasteiger partial charge on any atom is 0.0125 e. The van der Waals surface area contributed by atoms with Gasteiger partial charge >= 0.3 is 0 Å². The molecule has 0 aromatic carbocycles. The lowest BCUT2D eigenvalue weighted by Gasteiger charge is -2.36. The Morgan fingerprint density at radius 2 is 1.44 bits per heavy atom. The molecule has 0 spiro atoms. The fourth-order valence-electron chi connectivity index (χ4n) is 2.63. The predicted molar refractivity (Wildman–Crippen MR) is 72.8 cm³/mol. The molecular weight excluding hydrogens is 194 g/mol. The second-order valence-electron chi connectivity index (χ2n) is 6.61. The highest BCUT2D eigenvalue weighted by Gasteiger charge is 2.21. The summed E-state index contributed by atoms with van der Waals surface area (Å²) in [5, 5.41) is 0. The quantitative estimate of drug-likeness (QED) is 0.588. The van der Waals surface area contributed by atoms with Gasteiger partial charge in [0.05, 0.1) is 0 Å². The molecule has 1 saturated heterocycles. The van der Waals surface area contributed by atoms with Gasteiger partial charge in [-0.25, -0.2) is 0 Å². The van der Waals surface area contributed by atoms with Gasteiger partial charge < -0.3 is 0 Å². The van der Waals surface area contributed by atoms with E-state index in [0.29, 0.717) is 5.54 Å². The van der Waals surface area contributed by atoms with Gasteiger partial charge in [-0.05, 0) is 52.6 Å². The van der Waals surface area contributed by atoms with Crippen LogP contribution in [-0.2, 0) is 0 Å². The molecule has 96 valence electrons. The van der Waals surface area contributed by atoms with Crippen molar-refractivity contribution in [2.75, 3.05) is 13.1 Å². The van der Waals surface area contributed by atoms with Crippen LogP contribution in [0.1, 0.15) is 72.6 Å². The van der Waals surface area contributed by atoms with Gasteiger partial charge in [-0.1, -0.05) is 39.0 Å². The number of hydrogen-bond acceptors (Lipinski definition) is 1. The van der Waals surface area contributed by atoms with E-state index in [9.17, 15) is 0 Å². The largest absolute Gasteiger partial charge is 0.298 e. The molecule has 1 nitrogen and oxygen atoms in total. The molecule has 0 radical (unpaired) electrons. The summed E-state index contributed by atoms with van der Waals surface area (Å²) >= 11 is 0. The molecule has 1 aliphatic rings. The van der Waals surface area contributed by atoms with E-state index in [1.54, 1.807) is 0 Å². The molecular formula is C15H31N. The number of nitrogens with zero attached hydrogens (tertiary/aromatic N) is 1. The van der Waals surface area contributed by atoms with Gasteiger partial charge in [0.15, 0.2) is 0 Å². The van der Waals surface area contributed by atoms with E-state index in [2.05, 4.69) is 32.6 Å². The van der Waals surface area contributed by atoms with Crippen LogP contribution in [0, 0.1) is 5.92 Å². The third kappa shape index (κ3) is 5.34. The number of rotatable bonds is 0. The van der Waals surface area contributed by atoms with Crippen molar-refractivity contribution in [2.24, 2.45) is 5.92 Å². The average molecular weight is 225 g/mol. The van der Waals surface area contributed by atoms with Crippen LogP contribution < -0.4 is 0 Å². The summed E-state index contributed by atoms with van der Waals surface area (Å²) in [5.41, 5.74) is 0.355. The molecule has 0 N–H and O–H groups in total. The van der Waals surface area contributed by atoms with Gasteiger partial charge in [0.2, 0.25) is 0 Å². The molecule has 0 aromatic heterocycles. The first kappa shape index (κ1) is 14.0. The second kappa shape index (κ2) is 6.64. The molecule has 1 atom stereocenters. The van der Waals surface area contributed by atoms with Crippen molar-refractivity contribution in [3.8, 4) is 0 Å². The number of hydrogen-bond donors (Lipinski definition) is 0. The highest BCUT2D eigenvalue weighted by atomic mass is 15.2. The third-order valence-corrected chi connectivity index (χ3v) is 3.97. The van der Waals surface area contributed by atoms with Crippen LogP contribution in [0.3, 0.4) is 0 Å². The monoisotopic (exact) mass is 225 g/mol. The highest BCUT2D eigenvalue weighted by Crippen LogP contribution is 2.21. The molecule has 1 aliphatic heterocycles. The van der Waals surface area contributed by atoms with Crippen molar-refractivity contribution in [3.63, 3.8) is 0 Å². The summed E-state index contributed by atoms with van der Waals surface area (Å²) in [5.74, 6) is 0.919. The minimum absolute atomic E-state index is 0.355. The van der Waals surface area contributed by atoms with Crippen molar-refractivity contribution < 1.29 is 0 Å². The molecule has 16 heavy (non-hydrogen) atoms. The molecule has 1 fully saturated rings. The van der Waals surface area contributed by atoms with Crippen molar-refractivity contribution in [2.45, 2.75) is 78.2 Å². The zero-order valence-corrected chi connectivity index (χ0v) is 11.9. The SMILES string of the molecule is CC1CCCCCCCN(C(C)(C)C)CC1. The highest BCUT2D eigenvalue weighted by molar-refractivity contribution is 4.77. The first-order valence-electron chi connectivity index (χ1n) is 7.25. The topological polar surface area (TPSA) is 3.24 Å². The van der Waals surface area contributed by atoms with Crippen LogP contribution in [0.15, 0.2) is 0 Å². The van der Waals surface area contributed by atoms with Crippen molar-refractivity contribution >= 4 is 0 Å². The zero-order valence-electron chi connectivity index (χ0n) is 11.9. The van der Waals surface area contributed by atoms with Crippen LogP contribution in [0.5, 0.6) is 0 Å². The third-order valence-electron chi connectivity index (χ3n) is 3.97. The van der Waals surface area contributed by atoms with E-state index in [-0.39, 0.29) is 0 Å². The molecule has 1 heteroatoms. The van der Waals surface area contributed by atoms with E-state index >= 15 is 0 Å². The van der Waals surface area contributed by atoms with Crippen LogP contribution in [0.4, 0.5) is 0 Å². The Morgan fingerprint density at radius 1 is 0.812 bits per heavy atom. The Labute approximate surface area is 103 Å². The summed E-state index contributed by atoms with van der Waals surface area (Å²) in [6.45, 7) is 12.1. The minimum atomic E-state index is 0.355. The van der Waals surface area contributed by atoms with E-state index < -0.39 is 0 Å². The van der Waals surface area contributed by atoms with Gasteiger partial charge in [-0.15, -0.1) is 0 Å². The average Bonchev–Trinajstić information content (AvgIpc) is 2.22. The first-order valence-corrected chi connectivity index (χ1v) is 7.25. The van der Waals surface area contributed by atoms with E-state index in [0.717, 1.165) is 5.92 Å². The second-order valence-corrected chi connectivity index (χ2v) is 6.61. The minimum Gasteiger partial charge on any atom is -0.298 e. The lowest BCUT2D eigenvalue weighted by molar-refractivity contribution is 0.126. The summed E-state index contributed by atoms with van der Waals surface area (Å²) < 4.78 is 0. The Balaban J connectivity index is 2.48. The Bertz CT molecular complexity index is 180.